The third-order valence-electron chi connectivity index (χ3n) is 2.84. The van der Waals surface area contributed by atoms with Gasteiger partial charge in [0.05, 0.1) is 5.02 Å². The molecular formula is C13H9Cl2N3O3S. The van der Waals surface area contributed by atoms with E-state index in [1.165, 1.54) is 0 Å². The zero-order chi connectivity index (χ0) is 15.9. The zero-order valence-electron chi connectivity index (χ0n) is 11.2. The van der Waals surface area contributed by atoms with Crippen molar-refractivity contribution in [3.8, 4) is 22.9 Å². The number of benzene rings is 1. The van der Waals surface area contributed by atoms with Crippen LogP contribution in [0.2, 0.25) is 10.0 Å². The van der Waals surface area contributed by atoms with E-state index in [0.717, 1.165) is 6.26 Å². The van der Waals surface area contributed by atoms with Gasteiger partial charge in [-0.2, -0.15) is 4.98 Å². The minimum absolute atomic E-state index is 0.150. The predicted octanol–water partition coefficient (Wildman–Crippen LogP) is 3.44. The van der Waals surface area contributed by atoms with Gasteiger partial charge in [0.1, 0.15) is 5.76 Å². The van der Waals surface area contributed by atoms with Crippen molar-refractivity contribution in [2.45, 2.75) is 5.16 Å². The van der Waals surface area contributed by atoms with Crippen LogP contribution in [0.4, 0.5) is 0 Å². The van der Waals surface area contributed by atoms with Gasteiger partial charge in [0.15, 0.2) is 5.76 Å². The molecule has 0 aliphatic carbocycles. The summed E-state index contributed by atoms with van der Waals surface area (Å²) in [6, 6.07) is 8.36. The van der Waals surface area contributed by atoms with Crippen LogP contribution in [0.15, 0.2) is 39.9 Å². The number of sulfone groups is 1. The summed E-state index contributed by atoms with van der Waals surface area (Å²) in [6.45, 7) is 0. The van der Waals surface area contributed by atoms with E-state index >= 15 is 0 Å². The van der Waals surface area contributed by atoms with E-state index in [1.807, 2.05) is 0 Å². The van der Waals surface area contributed by atoms with Crippen LogP contribution in [0.1, 0.15) is 0 Å². The van der Waals surface area contributed by atoms with Crippen molar-refractivity contribution in [1.82, 2.24) is 15.2 Å². The molecule has 0 spiro atoms. The first-order valence-corrected chi connectivity index (χ1v) is 8.67. The summed E-state index contributed by atoms with van der Waals surface area (Å²) in [5.41, 5.74) is 0.663. The van der Waals surface area contributed by atoms with Crippen molar-refractivity contribution < 1.29 is 12.8 Å². The Kier molecular flexibility index (Phi) is 3.72. The minimum Gasteiger partial charge on any atom is -0.453 e. The standard InChI is InChI=1S/C13H9Cl2N3O3S/c1-22(19,20)13-16-12(17-18-13)11-5-4-10(21-11)8-3-2-7(14)6-9(8)15/h2-6H,1H3,(H,16,17,18). The maximum atomic E-state index is 11.4. The number of aromatic nitrogens is 3. The van der Waals surface area contributed by atoms with E-state index < -0.39 is 9.84 Å². The molecule has 0 unspecified atom stereocenters. The Morgan fingerprint density at radius 3 is 2.50 bits per heavy atom. The molecule has 1 aromatic carbocycles. The molecule has 0 aliphatic heterocycles. The minimum atomic E-state index is -3.45. The van der Waals surface area contributed by atoms with Crippen molar-refractivity contribution >= 4 is 33.0 Å². The molecule has 0 radical (unpaired) electrons. The maximum Gasteiger partial charge on any atom is 0.243 e. The number of H-pyrrole nitrogens is 1. The summed E-state index contributed by atoms with van der Waals surface area (Å²) >= 11 is 12.0. The molecule has 6 nitrogen and oxygen atoms in total. The van der Waals surface area contributed by atoms with Gasteiger partial charge in [0.2, 0.25) is 20.8 Å². The fourth-order valence-electron chi connectivity index (χ4n) is 1.82. The van der Waals surface area contributed by atoms with Gasteiger partial charge in [0.25, 0.3) is 0 Å². The second-order valence-corrected chi connectivity index (χ2v) is 7.30. The van der Waals surface area contributed by atoms with Gasteiger partial charge in [-0.3, -0.25) is 0 Å². The number of rotatable bonds is 3. The second-order valence-electron chi connectivity index (χ2n) is 4.52. The summed E-state index contributed by atoms with van der Waals surface area (Å²) in [7, 11) is -3.45. The summed E-state index contributed by atoms with van der Waals surface area (Å²) < 4.78 is 28.4. The number of hydrogen-bond acceptors (Lipinski definition) is 5. The van der Waals surface area contributed by atoms with Crippen LogP contribution >= 0.6 is 23.2 Å². The monoisotopic (exact) mass is 357 g/mol. The number of nitrogens with zero attached hydrogens (tertiary/aromatic N) is 2. The van der Waals surface area contributed by atoms with Gasteiger partial charge >= 0.3 is 0 Å². The molecule has 0 bridgehead atoms. The third kappa shape index (κ3) is 2.87. The first kappa shape index (κ1) is 15.1. The van der Waals surface area contributed by atoms with E-state index in [4.69, 9.17) is 27.6 Å². The van der Waals surface area contributed by atoms with Crippen LogP contribution in [0.5, 0.6) is 0 Å². The van der Waals surface area contributed by atoms with E-state index in [9.17, 15) is 8.42 Å². The molecule has 0 amide bonds. The van der Waals surface area contributed by atoms with Crippen molar-refractivity contribution in [1.29, 1.82) is 0 Å². The Labute approximate surface area is 136 Å². The Morgan fingerprint density at radius 2 is 1.86 bits per heavy atom. The molecule has 2 heterocycles. The van der Waals surface area contributed by atoms with Crippen molar-refractivity contribution in [2.24, 2.45) is 0 Å². The highest BCUT2D eigenvalue weighted by atomic mass is 35.5. The number of hydrogen-bond donors (Lipinski definition) is 1. The van der Waals surface area contributed by atoms with Crippen LogP contribution in [0, 0.1) is 0 Å². The SMILES string of the molecule is CS(=O)(=O)c1nc(-c2ccc(-c3ccc(Cl)cc3Cl)o2)n[nH]1. The quantitative estimate of drug-likeness (QED) is 0.775. The fourth-order valence-corrected chi connectivity index (χ4v) is 2.78. The molecule has 2 aromatic heterocycles. The summed E-state index contributed by atoms with van der Waals surface area (Å²) in [5.74, 6) is 0.978. The average molecular weight is 358 g/mol. The van der Waals surface area contributed by atoms with Crippen LogP contribution in [0.3, 0.4) is 0 Å². The predicted molar refractivity (Wildman–Crippen MR) is 82.7 cm³/mol. The van der Waals surface area contributed by atoms with Crippen LogP contribution in [-0.4, -0.2) is 29.9 Å². The summed E-state index contributed by atoms with van der Waals surface area (Å²) in [5, 5.41) is 6.94. The lowest BCUT2D eigenvalue weighted by molar-refractivity contribution is 0.591. The zero-order valence-corrected chi connectivity index (χ0v) is 13.5. The number of furan rings is 1. The normalized spacial score (nSPS) is 11.8. The molecular weight excluding hydrogens is 349 g/mol. The van der Waals surface area contributed by atoms with Crippen LogP contribution in [-0.2, 0) is 9.84 Å². The van der Waals surface area contributed by atoms with E-state index in [2.05, 4.69) is 15.2 Å². The molecule has 3 aromatic rings. The summed E-state index contributed by atoms with van der Waals surface area (Å²) in [4.78, 5) is 3.89. The Bertz CT molecular complexity index is 947. The summed E-state index contributed by atoms with van der Waals surface area (Å²) in [6.07, 6.45) is 1.04. The molecule has 0 fully saturated rings. The first-order chi connectivity index (χ1) is 10.3. The van der Waals surface area contributed by atoms with Crippen LogP contribution < -0.4 is 0 Å². The van der Waals surface area contributed by atoms with Crippen molar-refractivity contribution in [3.63, 3.8) is 0 Å². The number of nitrogens with one attached hydrogen (secondary N) is 1. The molecule has 114 valence electrons. The maximum absolute atomic E-state index is 11.4. The Hall–Kier alpha value is -1.83. The smallest absolute Gasteiger partial charge is 0.243 e. The molecule has 0 atom stereocenters. The highest BCUT2D eigenvalue weighted by Gasteiger charge is 2.17. The highest BCUT2D eigenvalue weighted by Crippen LogP contribution is 2.33. The Morgan fingerprint density at radius 1 is 1.14 bits per heavy atom. The first-order valence-electron chi connectivity index (χ1n) is 6.03. The number of halogens is 2. The highest BCUT2D eigenvalue weighted by molar-refractivity contribution is 7.90. The molecule has 1 N–H and O–H groups in total. The Balaban J connectivity index is 1.99. The largest absolute Gasteiger partial charge is 0.453 e. The molecule has 0 saturated heterocycles. The molecule has 9 heteroatoms. The lowest BCUT2D eigenvalue weighted by Gasteiger charge is -2.00. The second kappa shape index (κ2) is 5.42. The van der Waals surface area contributed by atoms with Gasteiger partial charge < -0.3 is 4.42 Å². The van der Waals surface area contributed by atoms with Gasteiger partial charge in [-0.05, 0) is 30.3 Å². The van der Waals surface area contributed by atoms with Gasteiger partial charge in [-0.1, -0.05) is 23.2 Å². The van der Waals surface area contributed by atoms with Crippen molar-refractivity contribution in [2.75, 3.05) is 6.26 Å². The molecule has 3 rings (SSSR count). The fraction of sp³-hybridized carbons (Fsp3) is 0.0769. The van der Waals surface area contributed by atoms with E-state index in [1.54, 1.807) is 30.3 Å². The number of aromatic amines is 1. The molecule has 0 aliphatic rings. The van der Waals surface area contributed by atoms with Gasteiger partial charge in [-0.25, -0.2) is 13.5 Å². The van der Waals surface area contributed by atoms with E-state index in [0.29, 0.717) is 27.1 Å². The van der Waals surface area contributed by atoms with Gasteiger partial charge in [0, 0.05) is 16.8 Å². The average Bonchev–Trinajstić information content (AvgIpc) is 3.06. The lowest BCUT2D eigenvalue weighted by atomic mass is 10.2. The third-order valence-corrected chi connectivity index (χ3v) is 4.27. The van der Waals surface area contributed by atoms with Gasteiger partial charge in [-0.15, -0.1) is 5.10 Å². The topological polar surface area (TPSA) is 88.8 Å². The lowest BCUT2D eigenvalue weighted by Crippen LogP contribution is -1.99. The van der Waals surface area contributed by atoms with E-state index in [-0.39, 0.29) is 11.0 Å². The van der Waals surface area contributed by atoms with Crippen molar-refractivity contribution in [3.05, 3.63) is 40.4 Å². The molecule has 22 heavy (non-hydrogen) atoms. The van der Waals surface area contributed by atoms with Crippen LogP contribution in [0.25, 0.3) is 22.9 Å². The molecule has 0 saturated carbocycles.